The first kappa shape index (κ1) is 12.2. The Morgan fingerprint density at radius 2 is 2.06 bits per heavy atom. The van der Waals surface area contributed by atoms with Crippen molar-refractivity contribution in [3.05, 3.63) is 29.8 Å². The molecule has 0 bridgehead atoms. The zero-order chi connectivity index (χ0) is 12.0. The second kappa shape index (κ2) is 5.89. The van der Waals surface area contributed by atoms with E-state index in [-0.39, 0.29) is 18.3 Å². The third-order valence-electron chi connectivity index (χ3n) is 1.75. The molecule has 0 saturated heterocycles. The van der Waals surface area contributed by atoms with Gasteiger partial charge in [-0.25, -0.2) is 8.78 Å². The van der Waals surface area contributed by atoms with E-state index < -0.39 is 11.6 Å². The fourth-order valence-electron chi connectivity index (χ4n) is 1.05. The predicted molar refractivity (Wildman–Crippen MR) is 57.1 cm³/mol. The van der Waals surface area contributed by atoms with Crippen LogP contribution in [0.5, 0.6) is 5.75 Å². The van der Waals surface area contributed by atoms with Crippen molar-refractivity contribution in [2.24, 2.45) is 16.5 Å². The van der Waals surface area contributed by atoms with E-state index in [4.69, 9.17) is 16.2 Å². The zero-order valence-electron chi connectivity index (χ0n) is 8.62. The number of hydrogen-bond donors (Lipinski definition) is 2. The number of aliphatic imine (C=N–C) groups is 1. The topological polar surface area (TPSA) is 73.6 Å². The SMILES string of the molecule is NC(N)=NCCCOc1ccc(F)cc1F. The standard InChI is InChI=1S/C10H13F2N3O/c11-7-2-3-9(8(12)6-7)16-5-1-4-15-10(13)14/h2-3,6H,1,4-5H2,(H4,13,14,15). The summed E-state index contributed by atoms with van der Waals surface area (Å²) >= 11 is 0. The molecule has 16 heavy (non-hydrogen) atoms. The highest BCUT2D eigenvalue weighted by Gasteiger charge is 2.03. The van der Waals surface area contributed by atoms with Gasteiger partial charge in [-0.15, -0.1) is 0 Å². The van der Waals surface area contributed by atoms with E-state index in [9.17, 15) is 8.78 Å². The highest BCUT2D eigenvalue weighted by Crippen LogP contribution is 2.17. The fraction of sp³-hybridized carbons (Fsp3) is 0.300. The molecule has 0 amide bonds. The monoisotopic (exact) mass is 229 g/mol. The van der Waals surface area contributed by atoms with Crippen molar-refractivity contribution in [2.45, 2.75) is 6.42 Å². The second-order valence-electron chi connectivity index (χ2n) is 3.08. The third-order valence-corrected chi connectivity index (χ3v) is 1.75. The predicted octanol–water partition coefficient (Wildman–Crippen LogP) is 1.01. The summed E-state index contributed by atoms with van der Waals surface area (Å²) in [6, 6.07) is 3.14. The van der Waals surface area contributed by atoms with Gasteiger partial charge in [0.25, 0.3) is 0 Å². The summed E-state index contributed by atoms with van der Waals surface area (Å²) in [6.45, 7) is 0.671. The summed E-state index contributed by atoms with van der Waals surface area (Å²) in [7, 11) is 0. The Bertz CT molecular complexity index is 378. The smallest absolute Gasteiger partial charge is 0.185 e. The van der Waals surface area contributed by atoms with Gasteiger partial charge in [0.05, 0.1) is 6.61 Å². The van der Waals surface area contributed by atoms with Crippen LogP contribution in [0.15, 0.2) is 23.2 Å². The van der Waals surface area contributed by atoms with E-state index in [1.54, 1.807) is 0 Å². The Labute approximate surface area is 91.9 Å². The van der Waals surface area contributed by atoms with E-state index in [0.717, 1.165) is 12.1 Å². The van der Waals surface area contributed by atoms with Crippen molar-refractivity contribution in [3.8, 4) is 5.75 Å². The van der Waals surface area contributed by atoms with Crippen LogP contribution < -0.4 is 16.2 Å². The molecule has 1 aromatic carbocycles. The molecule has 4 nitrogen and oxygen atoms in total. The van der Waals surface area contributed by atoms with Crippen LogP contribution >= 0.6 is 0 Å². The lowest BCUT2D eigenvalue weighted by atomic mass is 10.3. The maximum Gasteiger partial charge on any atom is 0.185 e. The van der Waals surface area contributed by atoms with Crippen LogP contribution in [-0.2, 0) is 0 Å². The molecular formula is C10H13F2N3O. The minimum Gasteiger partial charge on any atom is -0.490 e. The molecule has 6 heteroatoms. The van der Waals surface area contributed by atoms with Crippen LogP contribution in [0.4, 0.5) is 8.78 Å². The number of nitrogens with zero attached hydrogens (tertiary/aromatic N) is 1. The molecular weight excluding hydrogens is 216 g/mol. The first-order valence-corrected chi connectivity index (χ1v) is 4.73. The van der Waals surface area contributed by atoms with E-state index in [0.29, 0.717) is 13.0 Å². The lowest BCUT2D eigenvalue weighted by Gasteiger charge is -2.05. The van der Waals surface area contributed by atoms with E-state index >= 15 is 0 Å². The lowest BCUT2D eigenvalue weighted by molar-refractivity contribution is 0.297. The van der Waals surface area contributed by atoms with Crippen molar-refractivity contribution in [1.82, 2.24) is 0 Å². The van der Waals surface area contributed by atoms with Gasteiger partial charge in [-0.3, -0.25) is 4.99 Å². The van der Waals surface area contributed by atoms with Gasteiger partial charge < -0.3 is 16.2 Å². The minimum absolute atomic E-state index is 0.00737. The van der Waals surface area contributed by atoms with Crippen LogP contribution in [0.25, 0.3) is 0 Å². The van der Waals surface area contributed by atoms with Gasteiger partial charge in [-0.1, -0.05) is 0 Å². The van der Waals surface area contributed by atoms with Gasteiger partial charge in [-0.2, -0.15) is 0 Å². The van der Waals surface area contributed by atoms with Gasteiger partial charge in [0.15, 0.2) is 17.5 Å². The van der Waals surface area contributed by atoms with Crippen molar-refractivity contribution < 1.29 is 13.5 Å². The molecule has 0 aromatic heterocycles. The molecule has 0 aliphatic rings. The summed E-state index contributed by atoms with van der Waals surface area (Å²) in [5.74, 6) is -1.33. The largest absolute Gasteiger partial charge is 0.490 e. The van der Waals surface area contributed by atoms with Gasteiger partial charge in [0, 0.05) is 19.0 Å². The number of halogens is 2. The van der Waals surface area contributed by atoms with Gasteiger partial charge in [0.2, 0.25) is 0 Å². The number of benzene rings is 1. The Kier molecular flexibility index (Phi) is 4.50. The average Bonchev–Trinajstić information content (AvgIpc) is 2.20. The Morgan fingerprint density at radius 1 is 1.31 bits per heavy atom. The summed E-state index contributed by atoms with van der Waals surface area (Å²) in [4.78, 5) is 3.73. The molecule has 0 aliphatic carbocycles. The Morgan fingerprint density at radius 3 is 2.69 bits per heavy atom. The van der Waals surface area contributed by atoms with Crippen LogP contribution in [-0.4, -0.2) is 19.1 Å². The summed E-state index contributed by atoms with van der Waals surface area (Å²) in [6.07, 6.45) is 0.550. The molecule has 0 fully saturated rings. The molecule has 0 heterocycles. The summed E-state index contributed by atoms with van der Waals surface area (Å²) < 4.78 is 30.7. The van der Waals surface area contributed by atoms with E-state index in [2.05, 4.69) is 4.99 Å². The molecule has 0 spiro atoms. The van der Waals surface area contributed by atoms with E-state index in [1.807, 2.05) is 0 Å². The Hall–Kier alpha value is -1.85. The second-order valence-corrected chi connectivity index (χ2v) is 3.08. The van der Waals surface area contributed by atoms with Crippen LogP contribution in [0, 0.1) is 11.6 Å². The molecule has 1 aromatic rings. The van der Waals surface area contributed by atoms with Gasteiger partial charge in [-0.05, 0) is 12.1 Å². The molecule has 0 saturated carbocycles. The lowest BCUT2D eigenvalue weighted by Crippen LogP contribution is -2.23. The molecule has 0 aliphatic heterocycles. The molecule has 88 valence electrons. The molecule has 0 unspecified atom stereocenters. The van der Waals surface area contributed by atoms with Crippen molar-refractivity contribution in [3.63, 3.8) is 0 Å². The van der Waals surface area contributed by atoms with Gasteiger partial charge in [0.1, 0.15) is 5.82 Å². The minimum atomic E-state index is -0.721. The number of nitrogens with two attached hydrogens (primary N) is 2. The van der Waals surface area contributed by atoms with Crippen LogP contribution in [0.2, 0.25) is 0 Å². The average molecular weight is 229 g/mol. The summed E-state index contributed by atoms with van der Waals surface area (Å²) in [5, 5.41) is 0. The maximum atomic E-state index is 13.1. The quantitative estimate of drug-likeness (QED) is 0.449. The molecule has 4 N–H and O–H groups in total. The first-order chi connectivity index (χ1) is 7.59. The number of guanidine groups is 1. The summed E-state index contributed by atoms with van der Waals surface area (Å²) in [5.41, 5.74) is 10.2. The highest BCUT2D eigenvalue weighted by molar-refractivity contribution is 5.75. The first-order valence-electron chi connectivity index (χ1n) is 4.73. The highest BCUT2D eigenvalue weighted by atomic mass is 19.1. The molecule has 1 rings (SSSR count). The normalized spacial score (nSPS) is 9.88. The van der Waals surface area contributed by atoms with Crippen molar-refractivity contribution in [1.29, 1.82) is 0 Å². The van der Waals surface area contributed by atoms with Crippen molar-refractivity contribution >= 4 is 5.96 Å². The maximum absolute atomic E-state index is 13.1. The molecule has 0 radical (unpaired) electrons. The molecule has 0 atom stereocenters. The fourth-order valence-corrected chi connectivity index (χ4v) is 1.05. The van der Waals surface area contributed by atoms with Gasteiger partial charge >= 0.3 is 0 Å². The Balaban J connectivity index is 2.35. The third kappa shape index (κ3) is 4.12. The van der Waals surface area contributed by atoms with Crippen LogP contribution in [0.3, 0.4) is 0 Å². The number of rotatable bonds is 5. The number of hydrogen-bond acceptors (Lipinski definition) is 2. The van der Waals surface area contributed by atoms with Crippen molar-refractivity contribution in [2.75, 3.05) is 13.2 Å². The number of ether oxygens (including phenoxy) is 1. The van der Waals surface area contributed by atoms with Crippen LogP contribution in [0.1, 0.15) is 6.42 Å². The zero-order valence-corrected chi connectivity index (χ0v) is 8.62. The van der Waals surface area contributed by atoms with E-state index in [1.165, 1.54) is 6.07 Å².